The van der Waals surface area contributed by atoms with Gasteiger partial charge < -0.3 is 20.5 Å². The van der Waals surface area contributed by atoms with Crippen molar-refractivity contribution in [2.45, 2.75) is 32.0 Å². The van der Waals surface area contributed by atoms with Crippen LogP contribution in [-0.4, -0.2) is 57.8 Å². The van der Waals surface area contributed by atoms with Crippen LogP contribution in [0.15, 0.2) is 53.9 Å². The van der Waals surface area contributed by atoms with E-state index in [1.165, 1.54) is 9.80 Å². The van der Waals surface area contributed by atoms with Gasteiger partial charge in [-0.25, -0.2) is 0 Å². The van der Waals surface area contributed by atoms with Gasteiger partial charge in [0.25, 0.3) is 0 Å². The Labute approximate surface area is 206 Å². The monoisotopic (exact) mass is 494 g/mol. The number of piperazine rings is 1. The Morgan fingerprint density at radius 3 is 2.60 bits per heavy atom. The highest BCUT2D eigenvalue weighted by molar-refractivity contribution is 7.17. The maximum Gasteiger partial charge on any atom is 0.315 e. The molecule has 182 valence electrons. The Morgan fingerprint density at radius 2 is 1.94 bits per heavy atom. The molecule has 0 spiro atoms. The van der Waals surface area contributed by atoms with Crippen molar-refractivity contribution in [1.82, 2.24) is 9.80 Å². The normalized spacial score (nSPS) is 17.0. The second kappa shape index (κ2) is 10.1. The lowest BCUT2D eigenvalue weighted by molar-refractivity contribution is -0.169. The summed E-state index contributed by atoms with van der Waals surface area (Å²) in [4.78, 5) is 40.8. The van der Waals surface area contributed by atoms with Crippen molar-refractivity contribution < 1.29 is 24.2 Å². The SMILES string of the molecule is CCCN1C(=O)C(=O)N(C(CC(=O)O)c2ccc3sccc3c2)CC1Oc1ccc(C(=N)N)cc1. The molecule has 0 aliphatic carbocycles. The molecule has 4 N–H and O–H groups in total. The first-order chi connectivity index (χ1) is 16.8. The lowest BCUT2D eigenvalue weighted by Crippen LogP contribution is -2.62. The molecule has 1 aliphatic rings. The second-order valence-corrected chi connectivity index (χ2v) is 9.25. The van der Waals surface area contributed by atoms with Crippen LogP contribution in [0.5, 0.6) is 5.75 Å². The number of nitrogens with one attached hydrogen (secondary N) is 1. The first kappa shape index (κ1) is 24.2. The van der Waals surface area contributed by atoms with Crippen LogP contribution >= 0.6 is 11.3 Å². The summed E-state index contributed by atoms with van der Waals surface area (Å²) in [6, 6.07) is 13.2. The van der Waals surface area contributed by atoms with Crippen molar-refractivity contribution in [3.8, 4) is 5.75 Å². The van der Waals surface area contributed by atoms with Gasteiger partial charge in [0.05, 0.1) is 19.0 Å². The summed E-state index contributed by atoms with van der Waals surface area (Å²) in [5, 5.41) is 20.1. The average molecular weight is 495 g/mol. The van der Waals surface area contributed by atoms with Crippen LogP contribution in [0, 0.1) is 5.41 Å². The fraction of sp³-hybridized carbons (Fsp3) is 0.280. The van der Waals surface area contributed by atoms with Crippen LogP contribution in [0.1, 0.15) is 36.9 Å². The number of benzene rings is 2. The molecular weight excluding hydrogens is 468 g/mol. The zero-order valence-electron chi connectivity index (χ0n) is 19.1. The number of carboxylic acids is 1. The Kier molecular flexibility index (Phi) is 7.02. The molecule has 9 nitrogen and oxygen atoms in total. The highest BCUT2D eigenvalue weighted by atomic mass is 32.1. The number of fused-ring (bicyclic) bond motifs is 1. The molecule has 3 aromatic rings. The number of carbonyl (C=O) groups is 3. The molecular formula is C25H26N4O5S. The lowest BCUT2D eigenvalue weighted by Gasteiger charge is -2.43. The summed E-state index contributed by atoms with van der Waals surface area (Å²) in [6.07, 6.45) is -0.526. The summed E-state index contributed by atoms with van der Waals surface area (Å²) < 4.78 is 7.16. The molecule has 2 amide bonds. The van der Waals surface area contributed by atoms with Crippen molar-refractivity contribution in [1.29, 1.82) is 5.41 Å². The number of nitrogens with two attached hydrogens (primary N) is 1. The third-order valence-electron chi connectivity index (χ3n) is 5.91. The summed E-state index contributed by atoms with van der Waals surface area (Å²) in [5.74, 6) is -2.18. The number of amides is 2. The Bertz CT molecular complexity index is 1270. The number of hydrogen-bond donors (Lipinski definition) is 3. The number of carboxylic acid groups (broad SMARTS) is 1. The number of nitrogens with zero attached hydrogens (tertiary/aromatic N) is 2. The van der Waals surface area contributed by atoms with Crippen LogP contribution in [0.4, 0.5) is 0 Å². The lowest BCUT2D eigenvalue weighted by atomic mass is 9.99. The number of nitrogen functional groups attached to an aromatic ring is 1. The summed E-state index contributed by atoms with van der Waals surface area (Å²) in [7, 11) is 0. The van der Waals surface area contributed by atoms with Gasteiger partial charge >= 0.3 is 17.8 Å². The highest BCUT2D eigenvalue weighted by Gasteiger charge is 2.43. The van der Waals surface area contributed by atoms with Crippen LogP contribution < -0.4 is 10.5 Å². The molecule has 0 bridgehead atoms. The molecule has 35 heavy (non-hydrogen) atoms. The standard InChI is InChI=1S/C25H26N4O5S/c1-2-10-28-21(34-18-6-3-15(4-7-18)23(26)27)14-29(25(33)24(28)32)19(13-22(30)31)16-5-8-20-17(12-16)9-11-35-20/h3-9,11-12,19,21H,2,10,13-14H2,1H3,(H3,26,27)(H,30,31). The minimum atomic E-state index is -1.08. The van der Waals surface area contributed by atoms with Gasteiger partial charge in [-0.1, -0.05) is 13.0 Å². The molecule has 2 unspecified atom stereocenters. The minimum absolute atomic E-state index is 0.0126. The van der Waals surface area contributed by atoms with Gasteiger partial charge in [-0.05, 0) is 65.2 Å². The Hall–Kier alpha value is -3.92. The van der Waals surface area contributed by atoms with Crippen molar-refractivity contribution in [2.75, 3.05) is 13.1 Å². The van der Waals surface area contributed by atoms with Crippen molar-refractivity contribution in [3.63, 3.8) is 0 Å². The minimum Gasteiger partial charge on any atom is -0.481 e. The summed E-state index contributed by atoms with van der Waals surface area (Å²) >= 11 is 1.57. The maximum absolute atomic E-state index is 13.2. The van der Waals surface area contributed by atoms with Gasteiger partial charge in [-0.3, -0.25) is 24.7 Å². The number of amidine groups is 1. The van der Waals surface area contributed by atoms with Crippen LogP contribution in [-0.2, 0) is 14.4 Å². The zero-order valence-corrected chi connectivity index (χ0v) is 20.0. The van der Waals surface area contributed by atoms with E-state index < -0.39 is 30.1 Å². The third-order valence-corrected chi connectivity index (χ3v) is 6.81. The molecule has 1 fully saturated rings. The van der Waals surface area contributed by atoms with Crippen LogP contribution in [0.3, 0.4) is 0 Å². The number of hydrogen-bond acceptors (Lipinski definition) is 6. The predicted octanol–water partition coefficient (Wildman–Crippen LogP) is 3.19. The fourth-order valence-corrected chi connectivity index (χ4v) is 4.99. The summed E-state index contributed by atoms with van der Waals surface area (Å²) in [5.41, 5.74) is 6.69. The quantitative estimate of drug-likeness (QED) is 0.237. The number of thiophene rings is 1. The van der Waals surface area contributed by atoms with E-state index in [1.54, 1.807) is 41.7 Å². The van der Waals surface area contributed by atoms with Gasteiger partial charge in [0, 0.05) is 16.8 Å². The molecule has 1 aliphatic heterocycles. The summed E-state index contributed by atoms with van der Waals surface area (Å²) in [6.45, 7) is 2.23. The zero-order chi connectivity index (χ0) is 25.1. The van der Waals surface area contributed by atoms with Crippen LogP contribution in [0.25, 0.3) is 10.1 Å². The van der Waals surface area contributed by atoms with E-state index in [-0.39, 0.29) is 18.8 Å². The van der Waals surface area contributed by atoms with E-state index in [4.69, 9.17) is 15.9 Å². The second-order valence-electron chi connectivity index (χ2n) is 8.30. The Balaban J connectivity index is 1.67. The van der Waals surface area contributed by atoms with E-state index in [0.717, 1.165) is 10.1 Å². The largest absolute Gasteiger partial charge is 0.481 e. The number of ether oxygens (including phenoxy) is 1. The van der Waals surface area contributed by atoms with Gasteiger partial charge in [0.15, 0.2) is 6.23 Å². The maximum atomic E-state index is 13.2. The molecule has 1 saturated heterocycles. The fourth-order valence-electron chi connectivity index (χ4n) is 4.22. The molecule has 0 saturated carbocycles. The average Bonchev–Trinajstić information content (AvgIpc) is 3.30. The van der Waals surface area contributed by atoms with Gasteiger partial charge in [-0.2, -0.15) is 0 Å². The Morgan fingerprint density at radius 1 is 1.20 bits per heavy atom. The van der Waals surface area contributed by atoms with E-state index in [1.807, 2.05) is 30.5 Å². The van der Waals surface area contributed by atoms with Gasteiger partial charge in [-0.15, -0.1) is 11.3 Å². The number of aliphatic carboxylic acids is 1. The number of carbonyl (C=O) groups excluding carboxylic acids is 2. The van der Waals surface area contributed by atoms with Gasteiger partial charge in [0.2, 0.25) is 0 Å². The van der Waals surface area contributed by atoms with E-state index in [9.17, 15) is 19.5 Å². The molecule has 10 heteroatoms. The van der Waals surface area contributed by atoms with E-state index in [2.05, 4.69) is 0 Å². The first-order valence-electron chi connectivity index (χ1n) is 11.2. The molecule has 0 radical (unpaired) electrons. The van der Waals surface area contributed by atoms with Crippen molar-refractivity contribution >= 4 is 45.0 Å². The van der Waals surface area contributed by atoms with Crippen molar-refractivity contribution in [3.05, 3.63) is 65.0 Å². The van der Waals surface area contributed by atoms with Crippen LogP contribution in [0.2, 0.25) is 0 Å². The van der Waals surface area contributed by atoms with E-state index >= 15 is 0 Å². The first-order valence-corrected chi connectivity index (χ1v) is 12.1. The molecule has 1 aromatic heterocycles. The number of rotatable bonds is 9. The topological polar surface area (TPSA) is 137 Å². The third kappa shape index (κ3) is 5.12. The molecule has 2 atom stereocenters. The van der Waals surface area contributed by atoms with Crippen molar-refractivity contribution in [2.24, 2.45) is 5.73 Å². The molecule has 2 aromatic carbocycles. The molecule has 2 heterocycles. The van der Waals surface area contributed by atoms with Gasteiger partial charge in [0.1, 0.15) is 11.6 Å². The van der Waals surface area contributed by atoms with E-state index in [0.29, 0.717) is 29.8 Å². The highest BCUT2D eigenvalue weighted by Crippen LogP contribution is 2.32. The predicted molar refractivity (Wildman–Crippen MR) is 132 cm³/mol. The smallest absolute Gasteiger partial charge is 0.315 e. The molecule has 4 rings (SSSR count).